The summed E-state index contributed by atoms with van der Waals surface area (Å²) < 4.78 is 30.9. The second-order valence-electron chi connectivity index (χ2n) is 5.10. The Labute approximate surface area is 136 Å². The van der Waals surface area contributed by atoms with Gasteiger partial charge in [-0.25, -0.2) is 13.1 Å². The van der Waals surface area contributed by atoms with Crippen molar-refractivity contribution < 1.29 is 17.6 Å². The lowest BCUT2D eigenvalue weighted by Crippen LogP contribution is -2.40. The van der Waals surface area contributed by atoms with Crippen LogP contribution in [0.1, 0.15) is 29.0 Å². The van der Waals surface area contributed by atoms with Crippen molar-refractivity contribution in [3.05, 3.63) is 17.4 Å². The van der Waals surface area contributed by atoms with Crippen LogP contribution in [0.5, 0.6) is 0 Å². The number of amides is 1. The number of sulfonamides is 1. The Hall–Kier alpha value is -1.09. The molecule has 7 nitrogen and oxygen atoms in total. The number of carbonyl (C=O) groups is 1. The zero-order valence-corrected chi connectivity index (χ0v) is 14.5. The predicted molar refractivity (Wildman–Crippen MR) is 84.9 cm³/mol. The second kappa shape index (κ2) is 7.45. The zero-order valence-electron chi connectivity index (χ0n) is 12.9. The topological polar surface area (TPSA) is 91.7 Å². The van der Waals surface area contributed by atoms with E-state index < -0.39 is 10.0 Å². The number of furan rings is 1. The molecule has 1 aliphatic rings. The Morgan fingerprint density at radius 2 is 2.14 bits per heavy atom. The summed E-state index contributed by atoms with van der Waals surface area (Å²) in [5, 5.41) is 2.85. The summed E-state index contributed by atoms with van der Waals surface area (Å²) in [5.41, 5.74) is 0.312. The van der Waals surface area contributed by atoms with Crippen LogP contribution in [0.2, 0.25) is 0 Å². The van der Waals surface area contributed by atoms with Crippen LogP contribution < -0.4 is 10.0 Å². The normalized spacial score (nSPS) is 18.3. The van der Waals surface area contributed by atoms with Gasteiger partial charge in [-0.1, -0.05) is 0 Å². The summed E-state index contributed by atoms with van der Waals surface area (Å²) in [6.45, 7) is 3.01. The highest BCUT2D eigenvalue weighted by atomic mass is 35.5. The monoisotopic (exact) mass is 351 g/mol. The lowest BCUT2D eigenvalue weighted by atomic mass is 10.2. The quantitative estimate of drug-likeness (QED) is 0.816. The van der Waals surface area contributed by atoms with Crippen LogP contribution in [0.25, 0.3) is 0 Å². The summed E-state index contributed by atoms with van der Waals surface area (Å²) in [7, 11) is -0.528. The molecule has 1 aromatic heterocycles. The van der Waals surface area contributed by atoms with Crippen LogP contribution in [0.3, 0.4) is 0 Å². The van der Waals surface area contributed by atoms with E-state index >= 15 is 0 Å². The van der Waals surface area contributed by atoms with E-state index in [2.05, 4.69) is 10.0 Å². The smallest absolute Gasteiger partial charge is 0.273 e. The van der Waals surface area contributed by atoms with Crippen molar-refractivity contribution in [2.75, 3.05) is 27.2 Å². The predicted octanol–water partition coefficient (Wildman–Crippen LogP) is 0.742. The molecule has 0 spiro atoms. The van der Waals surface area contributed by atoms with Gasteiger partial charge in [0, 0.05) is 25.2 Å². The first-order chi connectivity index (χ1) is 9.90. The molecule has 2 N–H and O–H groups in total. The van der Waals surface area contributed by atoms with Gasteiger partial charge < -0.3 is 14.6 Å². The summed E-state index contributed by atoms with van der Waals surface area (Å²) in [6, 6.07) is 1.44. The second-order valence-corrected chi connectivity index (χ2v) is 6.91. The van der Waals surface area contributed by atoms with Gasteiger partial charge in [-0.15, -0.1) is 12.4 Å². The maximum absolute atomic E-state index is 12.6. The van der Waals surface area contributed by atoms with Crippen LogP contribution in [0.4, 0.5) is 0 Å². The first-order valence-electron chi connectivity index (χ1n) is 6.90. The molecule has 1 aliphatic heterocycles. The highest BCUT2D eigenvalue weighted by Gasteiger charge is 2.32. The molecule has 22 heavy (non-hydrogen) atoms. The average Bonchev–Trinajstić information content (AvgIpc) is 3.05. The van der Waals surface area contributed by atoms with E-state index in [9.17, 15) is 13.2 Å². The van der Waals surface area contributed by atoms with Crippen molar-refractivity contribution in [3.8, 4) is 0 Å². The van der Waals surface area contributed by atoms with Crippen LogP contribution in [0, 0.1) is 6.92 Å². The molecule has 0 bridgehead atoms. The molecule has 1 amide bonds. The Morgan fingerprint density at radius 1 is 1.45 bits per heavy atom. The maximum Gasteiger partial charge on any atom is 0.273 e. The third kappa shape index (κ3) is 3.62. The highest BCUT2D eigenvalue weighted by molar-refractivity contribution is 7.89. The lowest BCUT2D eigenvalue weighted by Gasteiger charge is -2.24. The summed E-state index contributed by atoms with van der Waals surface area (Å²) >= 11 is 0. The van der Waals surface area contributed by atoms with E-state index in [1.165, 1.54) is 13.1 Å². The van der Waals surface area contributed by atoms with E-state index in [-0.39, 0.29) is 29.4 Å². The van der Waals surface area contributed by atoms with E-state index in [0.717, 1.165) is 19.4 Å². The molecule has 1 aromatic rings. The van der Waals surface area contributed by atoms with Crippen molar-refractivity contribution >= 4 is 28.3 Å². The molecule has 0 aliphatic carbocycles. The zero-order chi connectivity index (χ0) is 15.6. The van der Waals surface area contributed by atoms with Gasteiger partial charge in [0.15, 0.2) is 0 Å². The van der Waals surface area contributed by atoms with Gasteiger partial charge in [-0.05, 0) is 33.9 Å². The number of likely N-dealkylation sites (N-methyl/N-ethyl adjacent to an activating group) is 1. The first kappa shape index (κ1) is 19.0. The van der Waals surface area contributed by atoms with Gasteiger partial charge in [0.05, 0.1) is 5.56 Å². The Kier molecular flexibility index (Phi) is 6.42. The van der Waals surface area contributed by atoms with Crippen LogP contribution in [-0.4, -0.2) is 52.5 Å². The van der Waals surface area contributed by atoms with Crippen molar-refractivity contribution in [2.45, 2.75) is 30.9 Å². The molecule has 2 rings (SSSR count). The first-order valence-corrected chi connectivity index (χ1v) is 8.38. The Balaban J connectivity index is 0.00000242. The number of aryl methyl sites for hydroxylation is 1. The van der Waals surface area contributed by atoms with Gasteiger partial charge in [0.25, 0.3) is 15.9 Å². The summed E-state index contributed by atoms with van der Waals surface area (Å²) in [6.07, 6.45) is 1.90. The summed E-state index contributed by atoms with van der Waals surface area (Å²) in [5.74, 6) is 0.149. The number of nitrogens with one attached hydrogen (secondary N) is 2. The maximum atomic E-state index is 12.6. The number of hydrogen-bond acceptors (Lipinski definition) is 5. The minimum absolute atomic E-state index is 0. The minimum atomic E-state index is -3.68. The SMILES string of the molecule is CNCC1CCCN1C(=O)c1cc(S(=O)(=O)NC)oc1C.Cl. The largest absolute Gasteiger partial charge is 0.448 e. The molecule has 0 saturated carbocycles. The molecule has 2 heterocycles. The molecular formula is C13H22ClN3O4S. The van der Waals surface area contributed by atoms with Gasteiger partial charge >= 0.3 is 0 Å². The molecule has 1 atom stereocenters. The molecule has 9 heteroatoms. The standard InChI is InChI=1S/C13H21N3O4S.ClH/c1-9-11(7-12(20-9)21(18,19)15-3)13(17)16-6-4-5-10(16)8-14-2;/h7,10,14-15H,4-6,8H2,1-3H3;1H. The molecule has 0 aromatic carbocycles. The van der Waals surface area contributed by atoms with E-state index in [1.54, 1.807) is 11.8 Å². The van der Waals surface area contributed by atoms with Crippen LogP contribution in [-0.2, 0) is 10.0 Å². The van der Waals surface area contributed by atoms with Gasteiger partial charge in [-0.3, -0.25) is 4.79 Å². The van der Waals surface area contributed by atoms with Gasteiger partial charge in [-0.2, -0.15) is 0 Å². The van der Waals surface area contributed by atoms with Crippen molar-refractivity contribution in [2.24, 2.45) is 0 Å². The fourth-order valence-corrected chi connectivity index (χ4v) is 3.31. The molecule has 1 unspecified atom stereocenters. The van der Waals surface area contributed by atoms with Crippen molar-refractivity contribution in [1.82, 2.24) is 14.9 Å². The number of halogens is 1. The Morgan fingerprint density at radius 3 is 2.73 bits per heavy atom. The number of likely N-dealkylation sites (tertiary alicyclic amines) is 1. The van der Waals surface area contributed by atoms with Crippen LogP contribution >= 0.6 is 12.4 Å². The van der Waals surface area contributed by atoms with Crippen LogP contribution in [0.15, 0.2) is 15.6 Å². The molecule has 1 fully saturated rings. The number of hydrogen-bond donors (Lipinski definition) is 2. The third-order valence-corrected chi connectivity index (χ3v) is 5.01. The highest BCUT2D eigenvalue weighted by Crippen LogP contribution is 2.24. The van der Waals surface area contributed by atoms with Crippen molar-refractivity contribution in [3.63, 3.8) is 0 Å². The number of nitrogens with zero attached hydrogens (tertiary/aromatic N) is 1. The third-order valence-electron chi connectivity index (χ3n) is 3.74. The fourth-order valence-electron chi connectivity index (χ4n) is 2.61. The molecule has 0 radical (unpaired) electrons. The summed E-state index contributed by atoms with van der Waals surface area (Å²) in [4.78, 5) is 14.4. The molecule has 126 valence electrons. The van der Waals surface area contributed by atoms with E-state index in [4.69, 9.17) is 4.42 Å². The van der Waals surface area contributed by atoms with E-state index in [1.807, 2.05) is 7.05 Å². The van der Waals surface area contributed by atoms with E-state index in [0.29, 0.717) is 17.9 Å². The minimum Gasteiger partial charge on any atom is -0.448 e. The lowest BCUT2D eigenvalue weighted by molar-refractivity contribution is 0.0735. The number of rotatable bonds is 5. The van der Waals surface area contributed by atoms with Gasteiger partial charge in [0.2, 0.25) is 5.09 Å². The molecular weight excluding hydrogens is 330 g/mol. The molecule has 1 saturated heterocycles. The fraction of sp³-hybridized carbons (Fsp3) is 0.615. The van der Waals surface area contributed by atoms with Gasteiger partial charge in [0.1, 0.15) is 5.76 Å². The van der Waals surface area contributed by atoms with Crippen molar-refractivity contribution in [1.29, 1.82) is 0 Å². The average molecular weight is 352 g/mol. The number of carbonyl (C=O) groups excluding carboxylic acids is 1. The Bertz CT molecular complexity index is 629.